The Morgan fingerprint density at radius 3 is 2.17 bits per heavy atom. The summed E-state index contributed by atoms with van der Waals surface area (Å²) in [6, 6.07) is 9.28. The lowest BCUT2D eigenvalue weighted by Gasteiger charge is -2.26. The van der Waals surface area contributed by atoms with Crippen LogP contribution in [-0.2, 0) is 20.7 Å². The molecule has 1 rings (SSSR count). The SMILES string of the molecule is CC(C)C[C@H](NC(=O)[C@@H](C)Cc1ccccc1)C(=O)OC(C)(C)C. The van der Waals surface area contributed by atoms with Gasteiger partial charge in [0.05, 0.1) is 0 Å². The Labute approximate surface area is 146 Å². The van der Waals surface area contributed by atoms with Gasteiger partial charge in [0.2, 0.25) is 5.91 Å². The number of benzene rings is 1. The van der Waals surface area contributed by atoms with Crippen LogP contribution in [0.5, 0.6) is 0 Å². The first kappa shape index (κ1) is 20.2. The molecule has 0 saturated heterocycles. The number of esters is 1. The Morgan fingerprint density at radius 1 is 1.08 bits per heavy atom. The van der Waals surface area contributed by atoms with Gasteiger partial charge in [-0.25, -0.2) is 4.79 Å². The molecular formula is C20H31NO3. The van der Waals surface area contributed by atoms with Crippen molar-refractivity contribution >= 4 is 11.9 Å². The van der Waals surface area contributed by atoms with Crippen LogP contribution in [0, 0.1) is 11.8 Å². The topological polar surface area (TPSA) is 55.4 Å². The third-order valence-electron chi connectivity index (χ3n) is 3.55. The molecule has 0 aliphatic carbocycles. The molecule has 0 unspecified atom stereocenters. The maximum atomic E-state index is 12.5. The number of carbonyl (C=O) groups is 2. The van der Waals surface area contributed by atoms with E-state index in [2.05, 4.69) is 5.32 Å². The third kappa shape index (κ3) is 7.62. The molecule has 4 heteroatoms. The summed E-state index contributed by atoms with van der Waals surface area (Å²) in [4.78, 5) is 24.9. The zero-order chi connectivity index (χ0) is 18.3. The predicted octanol–water partition coefficient (Wildman–Crippen LogP) is 3.74. The van der Waals surface area contributed by atoms with E-state index in [1.165, 1.54) is 0 Å². The van der Waals surface area contributed by atoms with E-state index in [4.69, 9.17) is 4.74 Å². The van der Waals surface area contributed by atoms with Crippen molar-refractivity contribution in [3.8, 4) is 0 Å². The maximum Gasteiger partial charge on any atom is 0.329 e. The van der Waals surface area contributed by atoms with Crippen molar-refractivity contribution in [1.82, 2.24) is 5.32 Å². The highest BCUT2D eigenvalue weighted by molar-refractivity contribution is 5.85. The van der Waals surface area contributed by atoms with Gasteiger partial charge in [-0.15, -0.1) is 0 Å². The fourth-order valence-corrected chi connectivity index (χ4v) is 2.43. The van der Waals surface area contributed by atoms with Crippen molar-refractivity contribution in [2.24, 2.45) is 11.8 Å². The van der Waals surface area contributed by atoms with Crippen molar-refractivity contribution in [2.45, 2.75) is 66.0 Å². The summed E-state index contributed by atoms with van der Waals surface area (Å²) < 4.78 is 5.45. The molecule has 4 nitrogen and oxygen atoms in total. The number of amides is 1. The van der Waals surface area contributed by atoms with E-state index < -0.39 is 11.6 Å². The molecule has 2 atom stereocenters. The first-order valence-corrected chi connectivity index (χ1v) is 8.65. The molecule has 0 spiro atoms. The van der Waals surface area contributed by atoms with Gasteiger partial charge in [0.1, 0.15) is 11.6 Å². The predicted molar refractivity (Wildman–Crippen MR) is 96.5 cm³/mol. The third-order valence-corrected chi connectivity index (χ3v) is 3.55. The summed E-state index contributed by atoms with van der Waals surface area (Å²) in [5.41, 5.74) is 0.546. The Morgan fingerprint density at radius 2 is 1.67 bits per heavy atom. The highest BCUT2D eigenvalue weighted by Crippen LogP contribution is 2.14. The summed E-state index contributed by atoms with van der Waals surface area (Å²) in [5.74, 6) is -0.399. The fraction of sp³-hybridized carbons (Fsp3) is 0.600. The molecule has 0 aliphatic heterocycles. The lowest BCUT2D eigenvalue weighted by molar-refractivity contribution is -0.159. The Kier molecular flexibility index (Phi) is 7.46. The average Bonchev–Trinajstić information content (AvgIpc) is 2.45. The van der Waals surface area contributed by atoms with Gasteiger partial charge in [0, 0.05) is 5.92 Å². The van der Waals surface area contributed by atoms with Crippen molar-refractivity contribution in [1.29, 1.82) is 0 Å². The van der Waals surface area contributed by atoms with E-state index >= 15 is 0 Å². The van der Waals surface area contributed by atoms with Crippen LogP contribution in [0.3, 0.4) is 0 Å². The fourth-order valence-electron chi connectivity index (χ4n) is 2.43. The number of hydrogen-bond donors (Lipinski definition) is 1. The van der Waals surface area contributed by atoms with Crippen molar-refractivity contribution in [3.63, 3.8) is 0 Å². The lowest BCUT2D eigenvalue weighted by Crippen LogP contribution is -2.46. The normalized spacial score (nSPS) is 14.1. The zero-order valence-electron chi connectivity index (χ0n) is 15.8. The van der Waals surface area contributed by atoms with E-state index in [1.54, 1.807) is 0 Å². The van der Waals surface area contributed by atoms with E-state index in [0.717, 1.165) is 5.56 Å². The Balaban J connectivity index is 2.70. The van der Waals surface area contributed by atoms with Crippen LogP contribution in [0.15, 0.2) is 30.3 Å². The van der Waals surface area contributed by atoms with Crippen LogP contribution in [0.2, 0.25) is 0 Å². The van der Waals surface area contributed by atoms with Crippen LogP contribution < -0.4 is 5.32 Å². The van der Waals surface area contributed by atoms with E-state index in [1.807, 2.05) is 71.9 Å². The Bertz CT molecular complexity index is 532. The molecule has 0 saturated carbocycles. The van der Waals surface area contributed by atoms with Gasteiger partial charge in [0.15, 0.2) is 0 Å². The summed E-state index contributed by atoms with van der Waals surface area (Å²) in [5, 5.41) is 2.88. The molecule has 0 fully saturated rings. The van der Waals surface area contributed by atoms with Gasteiger partial charge in [-0.1, -0.05) is 51.1 Å². The minimum Gasteiger partial charge on any atom is -0.458 e. The lowest BCUT2D eigenvalue weighted by atomic mass is 9.98. The first-order valence-electron chi connectivity index (χ1n) is 8.65. The number of ether oxygens (including phenoxy) is 1. The molecular weight excluding hydrogens is 302 g/mol. The number of nitrogens with one attached hydrogen (secondary N) is 1. The second kappa shape index (κ2) is 8.86. The van der Waals surface area contributed by atoms with Gasteiger partial charge in [-0.3, -0.25) is 4.79 Å². The monoisotopic (exact) mass is 333 g/mol. The number of rotatable bonds is 7. The van der Waals surface area contributed by atoms with Gasteiger partial charge in [0.25, 0.3) is 0 Å². The van der Waals surface area contributed by atoms with Crippen molar-refractivity contribution in [2.75, 3.05) is 0 Å². The largest absolute Gasteiger partial charge is 0.458 e. The standard InChI is InChI=1S/C20H31NO3/c1-14(2)12-17(19(23)24-20(4,5)6)21-18(22)15(3)13-16-10-8-7-9-11-16/h7-11,14-15,17H,12-13H2,1-6H3,(H,21,22)/t15-,17-/m0/s1. The van der Waals surface area contributed by atoms with Crippen molar-refractivity contribution < 1.29 is 14.3 Å². The minimum absolute atomic E-state index is 0.115. The minimum atomic E-state index is -0.602. The van der Waals surface area contributed by atoms with E-state index in [-0.39, 0.29) is 23.7 Å². The zero-order valence-corrected chi connectivity index (χ0v) is 15.8. The highest BCUT2D eigenvalue weighted by atomic mass is 16.6. The van der Waals surface area contributed by atoms with Crippen molar-refractivity contribution in [3.05, 3.63) is 35.9 Å². The molecule has 0 aliphatic rings. The molecule has 24 heavy (non-hydrogen) atoms. The molecule has 0 bridgehead atoms. The molecule has 0 aromatic heterocycles. The Hall–Kier alpha value is -1.84. The number of carbonyl (C=O) groups excluding carboxylic acids is 2. The second-order valence-corrected chi connectivity index (χ2v) is 7.81. The maximum absolute atomic E-state index is 12.5. The van der Waals surface area contributed by atoms with Crippen LogP contribution >= 0.6 is 0 Å². The molecule has 1 aromatic carbocycles. The first-order chi connectivity index (χ1) is 11.1. The summed E-state index contributed by atoms with van der Waals surface area (Å²) >= 11 is 0. The van der Waals surface area contributed by atoms with Crippen LogP contribution in [0.1, 0.15) is 53.5 Å². The smallest absolute Gasteiger partial charge is 0.329 e. The summed E-state index contributed by atoms with van der Waals surface area (Å²) in [6.07, 6.45) is 1.22. The molecule has 0 radical (unpaired) electrons. The van der Waals surface area contributed by atoms with Gasteiger partial charge < -0.3 is 10.1 Å². The summed E-state index contributed by atoms with van der Waals surface area (Å²) in [7, 11) is 0. The summed E-state index contributed by atoms with van der Waals surface area (Å²) in [6.45, 7) is 11.4. The van der Waals surface area contributed by atoms with Crippen LogP contribution in [-0.4, -0.2) is 23.5 Å². The molecule has 0 heterocycles. The molecule has 1 N–H and O–H groups in total. The molecule has 134 valence electrons. The highest BCUT2D eigenvalue weighted by Gasteiger charge is 2.28. The van der Waals surface area contributed by atoms with E-state index in [9.17, 15) is 9.59 Å². The number of hydrogen-bond acceptors (Lipinski definition) is 3. The average molecular weight is 333 g/mol. The van der Waals surface area contributed by atoms with Gasteiger partial charge >= 0.3 is 5.97 Å². The quantitative estimate of drug-likeness (QED) is 0.773. The van der Waals surface area contributed by atoms with Crippen LogP contribution in [0.25, 0.3) is 0 Å². The molecule has 1 aromatic rings. The van der Waals surface area contributed by atoms with Crippen LogP contribution in [0.4, 0.5) is 0 Å². The van der Waals surface area contributed by atoms with E-state index in [0.29, 0.717) is 12.8 Å². The molecule has 1 amide bonds. The van der Waals surface area contributed by atoms with Gasteiger partial charge in [-0.05, 0) is 45.1 Å². The second-order valence-electron chi connectivity index (χ2n) is 7.81. The van der Waals surface area contributed by atoms with Gasteiger partial charge in [-0.2, -0.15) is 0 Å².